The summed E-state index contributed by atoms with van der Waals surface area (Å²) in [6, 6.07) is 19.1. The van der Waals surface area contributed by atoms with Crippen LogP contribution < -0.4 is 10.2 Å². The summed E-state index contributed by atoms with van der Waals surface area (Å²) in [5.41, 5.74) is 3.76. The lowest BCUT2D eigenvalue weighted by molar-refractivity contribution is -0.115. The van der Waals surface area contributed by atoms with Crippen molar-refractivity contribution < 1.29 is 14.0 Å². The van der Waals surface area contributed by atoms with E-state index in [-0.39, 0.29) is 22.9 Å². The van der Waals surface area contributed by atoms with Gasteiger partial charge in [0.2, 0.25) is 5.91 Å². The number of rotatable bonds is 5. The lowest BCUT2D eigenvalue weighted by Gasteiger charge is -2.25. The highest BCUT2D eigenvalue weighted by Crippen LogP contribution is 2.42. The van der Waals surface area contributed by atoms with Gasteiger partial charge >= 0.3 is 0 Å². The second-order valence-electron chi connectivity index (χ2n) is 7.23. The molecule has 0 spiro atoms. The molecular formula is C23H22N2O3S. The quantitative estimate of drug-likeness (QED) is 0.613. The molecule has 1 aromatic heterocycles. The van der Waals surface area contributed by atoms with Crippen LogP contribution in [0.4, 0.5) is 11.4 Å². The summed E-state index contributed by atoms with van der Waals surface area (Å²) in [5.74, 6) is 0.913. The predicted molar refractivity (Wildman–Crippen MR) is 116 cm³/mol. The Morgan fingerprint density at radius 1 is 1.14 bits per heavy atom. The third-order valence-corrected chi connectivity index (χ3v) is 6.09. The first kappa shape index (κ1) is 19.3. The zero-order chi connectivity index (χ0) is 20.4. The van der Waals surface area contributed by atoms with Crippen molar-refractivity contribution in [3.8, 4) is 0 Å². The standard InChI is InChI=1S/C23H22N2O3S/c1-15(2)16-8-10-19(11-9-16)25-21(26)14-29-23(25)17-5-3-6-18(13-17)24-22(27)20-7-4-12-28-20/h3-13,15,23H,14H2,1-2H3,(H,24,27). The van der Waals surface area contributed by atoms with Crippen LogP contribution in [-0.4, -0.2) is 17.6 Å². The Hall–Kier alpha value is -2.99. The molecule has 3 aromatic rings. The van der Waals surface area contributed by atoms with Crippen molar-refractivity contribution in [2.75, 3.05) is 16.0 Å². The monoisotopic (exact) mass is 406 g/mol. The van der Waals surface area contributed by atoms with Gasteiger partial charge < -0.3 is 9.73 Å². The van der Waals surface area contributed by atoms with E-state index >= 15 is 0 Å². The highest BCUT2D eigenvalue weighted by Gasteiger charge is 2.34. The summed E-state index contributed by atoms with van der Waals surface area (Å²) in [6.07, 6.45) is 1.47. The van der Waals surface area contributed by atoms with Gasteiger partial charge in [-0.15, -0.1) is 11.8 Å². The van der Waals surface area contributed by atoms with Gasteiger partial charge in [0.1, 0.15) is 5.37 Å². The Labute approximate surface area is 174 Å². The van der Waals surface area contributed by atoms with Gasteiger partial charge in [-0.1, -0.05) is 38.1 Å². The van der Waals surface area contributed by atoms with Crippen LogP contribution in [0.3, 0.4) is 0 Å². The molecule has 1 unspecified atom stereocenters. The second kappa shape index (κ2) is 8.17. The number of carbonyl (C=O) groups is 2. The van der Waals surface area contributed by atoms with Crippen LogP contribution in [0, 0.1) is 0 Å². The molecular weight excluding hydrogens is 384 g/mol. The smallest absolute Gasteiger partial charge is 0.291 e. The minimum atomic E-state index is -0.302. The molecule has 1 N–H and O–H groups in total. The van der Waals surface area contributed by atoms with E-state index in [9.17, 15) is 9.59 Å². The molecule has 2 amide bonds. The number of carbonyl (C=O) groups excluding carboxylic acids is 2. The zero-order valence-corrected chi connectivity index (χ0v) is 17.1. The van der Waals surface area contributed by atoms with Crippen molar-refractivity contribution in [3.05, 3.63) is 83.8 Å². The first-order valence-electron chi connectivity index (χ1n) is 9.51. The maximum Gasteiger partial charge on any atom is 0.291 e. The Balaban J connectivity index is 1.58. The average molecular weight is 407 g/mol. The molecule has 1 saturated heterocycles. The minimum absolute atomic E-state index is 0.0855. The van der Waals surface area contributed by atoms with Crippen LogP contribution in [0.2, 0.25) is 0 Å². The van der Waals surface area contributed by atoms with E-state index in [4.69, 9.17) is 4.42 Å². The van der Waals surface area contributed by atoms with Crippen LogP contribution >= 0.6 is 11.8 Å². The first-order valence-corrected chi connectivity index (χ1v) is 10.6. The number of hydrogen-bond donors (Lipinski definition) is 1. The van der Waals surface area contributed by atoms with Crippen molar-refractivity contribution >= 4 is 35.0 Å². The molecule has 1 atom stereocenters. The summed E-state index contributed by atoms with van der Waals surface area (Å²) in [5, 5.41) is 2.72. The van der Waals surface area contributed by atoms with E-state index in [2.05, 4.69) is 31.3 Å². The van der Waals surface area contributed by atoms with Crippen molar-refractivity contribution in [2.24, 2.45) is 0 Å². The molecule has 5 nitrogen and oxygen atoms in total. The number of thioether (sulfide) groups is 1. The number of nitrogens with one attached hydrogen (secondary N) is 1. The predicted octanol–water partition coefficient (Wildman–Crippen LogP) is 5.43. The topological polar surface area (TPSA) is 62.6 Å². The number of amides is 2. The highest BCUT2D eigenvalue weighted by molar-refractivity contribution is 8.00. The second-order valence-corrected chi connectivity index (χ2v) is 8.30. The zero-order valence-electron chi connectivity index (χ0n) is 16.3. The molecule has 0 saturated carbocycles. The summed E-state index contributed by atoms with van der Waals surface area (Å²) < 4.78 is 5.14. The number of hydrogen-bond acceptors (Lipinski definition) is 4. The van der Waals surface area contributed by atoms with Crippen molar-refractivity contribution in [2.45, 2.75) is 25.1 Å². The molecule has 148 valence electrons. The van der Waals surface area contributed by atoms with Gasteiger partial charge in [-0.05, 0) is 53.4 Å². The Kier molecular flexibility index (Phi) is 5.45. The Morgan fingerprint density at radius 3 is 2.62 bits per heavy atom. The number of nitrogens with zero attached hydrogens (tertiary/aromatic N) is 1. The molecule has 1 fully saturated rings. The van der Waals surface area contributed by atoms with Gasteiger partial charge in [-0.2, -0.15) is 0 Å². The van der Waals surface area contributed by atoms with Crippen LogP contribution in [0.25, 0.3) is 0 Å². The van der Waals surface area contributed by atoms with Gasteiger partial charge in [0.05, 0.1) is 12.0 Å². The van der Waals surface area contributed by atoms with Crippen molar-refractivity contribution in [1.29, 1.82) is 0 Å². The van der Waals surface area contributed by atoms with E-state index in [0.717, 1.165) is 11.3 Å². The van der Waals surface area contributed by atoms with Gasteiger partial charge in [-0.25, -0.2) is 0 Å². The van der Waals surface area contributed by atoms with Crippen LogP contribution in [-0.2, 0) is 4.79 Å². The molecule has 0 bridgehead atoms. The SMILES string of the molecule is CC(C)c1ccc(N2C(=O)CSC2c2cccc(NC(=O)c3ccco3)c2)cc1. The lowest BCUT2D eigenvalue weighted by atomic mass is 10.0. The molecule has 2 aromatic carbocycles. The fraction of sp³-hybridized carbons (Fsp3) is 0.217. The Bertz CT molecular complexity index is 1010. The molecule has 4 rings (SSSR count). The van der Waals surface area contributed by atoms with Gasteiger partial charge in [0, 0.05) is 11.4 Å². The van der Waals surface area contributed by atoms with Crippen LogP contribution in [0.5, 0.6) is 0 Å². The maximum absolute atomic E-state index is 12.6. The molecule has 6 heteroatoms. The fourth-order valence-corrected chi connectivity index (χ4v) is 4.51. The first-order chi connectivity index (χ1) is 14.0. The molecule has 2 heterocycles. The van der Waals surface area contributed by atoms with E-state index in [0.29, 0.717) is 17.4 Å². The van der Waals surface area contributed by atoms with E-state index in [1.165, 1.54) is 11.8 Å². The maximum atomic E-state index is 12.6. The summed E-state index contributed by atoms with van der Waals surface area (Å²) >= 11 is 1.59. The van der Waals surface area contributed by atoms with Crippen molar-refractivity contribution in [1.82, 2.24) is 0 Å². The molecule has 1 aliphatic heterocycles. The Morgan fingerprint density at radius 2 is 1.93 bits per heavy atom. The summed E-state index contributed by atoms with van der Waals surface area (Å²) in [7, 11) is 0. The lowest BCUT2D eigenvalue weighted by Crippen LogP contribution is -2.27. The molecule has 29 heavy (non-hydrogen) atoms. The van der Waals surface area contributed by atoms with Crippen molar-refractivity contribution in [3.63, 3.8) is 0 Å². The van der Waals surface area contributed by atoms with Gasteiger partial charge in [0.25, 0.3) is 5.91 Å². The van der Waals surface area contributed by atoms with Gasteiger partial charge in [-0.3, -0.25) is 14.5 Å². The number of furan rings is 1. The normalized spacial score (nSPS) is 16.4. The highest BCUT2D eigenvalue weighted by atomic mass is 32.2. The molecule has 0 radical (unpaired) electrons. The largest absolute Gasteiger partial charge is 0.459 e. The summed E-state index contributed by atoms with van der Waals surface area (Å²) in [4.78, 5) is 26.7. The third-order valence-electron chi connectivity index (χ3n) is 4.88. The number of benzene rings is 2. The van der Waals surface area contributed by atoms with Gasteiger partial charge in [0.15, 0.2) is 5.76 Å². The van der Waals surface area contributed by atoms with E-state index < -0.39 is 0 Å². The molecule has 1 aliphatic rings. The third kappa shape index (κ3) is 4.07. The molecule has 0 aliphatic carbocycles. The van der Waals surface area contributed by atoms with Crippen LogP contribution in [0.15, 0.2) is 71.3 Å². The van der Waals surface area contributed by atoms with E-state index in [1.54, 1.807) is 23.9 Å². The van der Waals surface area contributed by atoms with E-state index in [1.807, 2.05) is 41.3 Å². The minimum Gasteiger partial charge on any atom is -0.459 e. The van der Waals surface area contributed by atoms with Crippen LogP contribution in [0.1, 0.15) is 46.8 Å². The fourth-order valence-electron chi connectivity index (χ4n) is 3.34. The summed E-state index contributed by atoms with van der Waals surface area (Å²) in [6.45, 7) is 4.30. The number of anilines is 2. The average Bonchev–Trinajstić information content (AvgIpc) is 3.38.